The van der Waals surface area contributed by atoms with E-state index < -0.39 is 81.4 Å². The number of anilines is 1. The van der Waals surface area contributed by atoms with E-state index in [4.69, 9.17) is 16.6 Å². The van der Waals surface area contributed by atoms with E-state index in [1.165, 1.54) is 11.8 Å². The zero-order valence-corrected chi connectivity index (χ0v) is 30.2. The molecular weight excluding hydrogens is 773 g/mol. The van der Waals surface area contributed by atoms with Gasteiger partial charge in [-0.1, -0.05) is 43.0 Å². The van der Waals surface area contributed by atoms with Crippen molar-refractivity contribution in [2.24, 2.45) is 0 Å². The predicted molar refractivity (Wildman–Crippen MR) is 189 cm³/mol. The van der Waals surface area contributed by atoms with Crippen molar-refractivity contribution >= 4 is 101 Å². The summed E-state index contributed by atoms with van der Waals surface area (Å²) in [6.07, 6.45) is 1.98. The van der Waals surface area contributed by atoms with Crippen molar-refractivity contribution in [2.75, 3.05) is 23.7 Å². The van der Waals surface area contributed by atoms with Crippen LogP contribution in [0.25, 0.3) is 10.5 Å². The van der Waals surface area contributed by atoms with Gasteiger partial charge in [0, 0.05) is 11.4 Å². The van der Waals surface area contributed by atoms with Gasteiger partial charge in [0.1, 0.15) is 33.5 Å². The van der Waals surface area contributed by atoms with Crippen molar-refractivity contribution in [3.05, 3.63) is 76.2 Å². The Hall–Kier alpha value is -4.48. The molecule has 270 valence electrons. The van der Waals surface area contributed by atoms with Gasteiger partial charge in [0.25, 0.3) is 27.1 Å². The van der Waals surface area contributed by atoms with E-state index in [1.807, 2.05) is 23.1 Å². The van der Waals surface area contributed by atoms with Gasteiger partial charge in [0.15, 0.2) is 0 Å². The summed E-state index contributed by atoms with van der Waals surface area (Å²) in [5, 5.41) is 29.1. The van der Waals surface area contributed by atoms with Crippen LogP contribution in [0.15, 0.2) is 54.3 Å². The van der Waals surface area contributed by atoms with Gasteiger partial charge in [0.2, 0.25) is 11.0 Å². The number of carbonyl (C=O) groups is 4. The highest BCUT2D eigenvalue weighted by molar-refractivity contribution is 8.30. The largest absolute Gasteiger partial charge is 0.480 e. The number of hydrogen-bond acceptors (Lipinski definition) is 14. The maximum atomic E-state index is 13.9. The third-order valence-corrected chi connectivity index (χ3v) is 11.9. The number of oxazole rings is 1. The molecule has 1 saturated heterocycles. The molecule has 0 saturated carbocycles. The molecule has 1 fully saturated rings. The first-order valence-corrected chi connectivity index (χ1v) is 19.1. The summed E-state index contributed by atoms with van der Waals surface area (Å²) in [4.78, 5) is 78.8. The highest BCUT2D eigenvalue weighted by atomic mass is 32.2. The molecule has 5 rings (SSSR count). The molecule has 3 aromatic rings. The lowest BCUT2D eigenvalue weighted by Crippen LogP contribution is -2.36. The van der Waals surface area contributed by atoms with Gasteiger partial charge in [-0.05, 0) is 48.4 Å². The van der Waals surface area contributed by atoms with Crippen LogP contribution in [-0.2, 0) is 42.4 Å². The fourth-order valence-corrected chi connectivity index (χ4v) is 9.25. The lowest BCUT2D eigenvalue weighted by molar-refractivity contribution is -0.140. The molecule has 1 amide bonds. The average molecular weight is 799 g/mol. The third-order valence-electron chi connectivity index (χ3n) is 7.28. The first-order valence-electron chi connectivity index (χ1n) is 14.6. The molecular formula is C29H26N4O13S5. The van der Waals surface area contributed by atoms with E-state index in [-0.39, 0.29) is 37.8 Å². The maximum Gasteiger partial charge on any atom is 0.323 e. The Kier molecular flexibility index (Phi) is 11.1. The van der Waals surface area contributed by atoms with Crippen LogP contribution in [0, 0.1) is 10.1 Å². The minimum absolute atomic E-state index is 0.0191. The Labute approximate surface area is 303 Å². The summed E-state index contributed by atoms with van der Waals surface area (Å²) in [6.45, 7) is -0.823. The Bertz CT molecular complexity index is 2500. The molecule has 4 N–H and O–H groups in total. The second kappa shape index (κ2) is 15.0. The number of carboxylic acid groups (broad SMARTS) is 3. The van der Waals surface area contributed by atoms with Crippen molar-refractivity contribution in [2.45, 2.75) is 37.8 Å². The predicted octanol–water partition coefficient (Wildman–Crippen LogP) is 0.466. The van der Waals surface area contributed by atoms with Gasteiger partial charge in [-0.25, -0.2) is 0 Å². The van der Waals surface area contributed by atoms with E-state index >= 15 is 0 Å². The summed E-state index contributed by atoms with van der Waals surface area (Å²) in [7, 11) is -4.23. The van der Waals surface area contributed by atoms with Crippen LogP contribution < -0.4 is 26.1 Å². The second-order valence-corrected chi connectivity index (χ2v) is 16.0. The first kappa shape index (κ1) is 37.8. The Balaban J connectivity index is 1.79. The number of thiazole rings is 1. The van der Waals surface area contributed by atoms with E-state index in [0.717, 1.165) is 20.0 Å². The molecule has 0 aliphatic carbocycles. The number of aromatic nitrogens is 2. The van der Waals surface area contributed by atoms with Gasteiger partial charge in [-0.2, -0.15) is 8.42 Å². The Morgan fingerprint density at radius 3 is 2.20 bits per heavy atom. The lowest BCUT2D eigenvalue weighted by Gasteiger charge is -2.20. The summed E-state index contributed by atoms with van der Waals surface area (Å²) < 4.78 is 38.7. The van der Waals surface area contributed by atoms with Gasteiger partial charge in [0.05, 0.1) is 21.0 Å². The topological polar surface area (TPSA) is 247 Å². The summed E-state index contributed by atoms with van der Waals surface area (Å²) >= 11 is 7.74. The number of nitrogens with zero attached hydrogens (tertiary/aromatic N) is 4. The van der Waals surface area contributed by atoms with Crippen LogP contribution in [0.1, 0.15) is 19.8 Å². The van der Waals surface area contributed by atoms with Gasteiger partial charge >= 0.3 is 17.9 Å². The van der Waals surface area contributed by atoms with Crippen LogP contribution in [0.2, 0.25) is 0 Å². The molecule has 22 heteroatoms. The minimum atomic E-state index is -4.23. The summed E-state index contributed by atoms with van der Waals surface area (Å²) in [5.41, 5.74) is -1.95. The van der Waals surface area contributed by atoms with Gasteiger partial charge < -0.3 is 24.6 Å². The smallest absolute Gasteiger partial charge is 0.323 e. The van der Waals surface area contributed by atoms with Crippen LogP contribution in [0.5, 0.6) is 0 Å². The number of thiocarbonyl (C=S) groups is 1. The normalized spacial score (nSPS) is 17.7. The molecule has 51 heavy (non-hydrogen) atoms. The molecule has 4 heterocycles. The monoisotopic (exact) mass is 798 g/mol. The Morgan fingerprint density at radius 1 is 0.922 bits per heavy atom. The van der Waals surface area contributed by atoms with E-state index in [2.05, 4.69) is 0 Å². The first-order chi connectivity index (χ1) is 24.0. The molecule has 2 aliphatic rings. The Morgan fingerprint density at radius 2 is 1.57 bits per heavy atom. The van der Waals surface area contributed by atoms with E-state index in [1.54, 1.807) is 19.1 Å². The van der Waals surface area contributed by atoms with Crippen molar-refractivity contribution < 1.29 is 51.9 Å². The highest BCUT2D eigenvalue weighted by Gasteiger charge is 2.36. The number of aliphatic carboxylic acids is 3. The van der Waals surface area contributed by atoms with E-state index in [9.17, 15) is 57.1 Å². The van der Waals surface area contributed by atoms with Crippen molar-refractivity contribution in [1.29, 1.82) is 0 Å². The number of allylic oxidation sites excluding steroid dienone is 1. The fourth-order valence-electron chi connectivity index (χ4n) is 5.13. The lowest BCUT2D eigenvalue weighted by atomic mass is 10.2. The molecule has 0 bridgehead atoms. The highest BCUT2D eigenvalue weighted by Crippen LogP contribution is 2.46. The molecule has 0 spiro atoms. The van der Waals surface area contributed by atoms with Gasteiger partial charge in [-0.15, -0.1) is 11.3 Å². The number of carbonyl (C=O) groups excluding carboxylic acids is 1. The molecule has 2 aliphatic heterocycles. The molecule has 2 aromatic heterocycles. The molecule has 17 nitrogen and oxygen atoms in total. The standard InChI is InChI=1S/C29H26N4O13S5/c1-2-14(10-17-30(8-5-9-51(43,44)45)15-6-3-4-7-16(15)48-17)22-25(41)32(12-19(36)37)28(49-22)21-24(40)31(11-18(34)35)27(46-21)23-26(42)33(13-20(38)39)29(47)50-23/h3-4,6-7,10H,2,5,8-9,11-13H2,1H3,(H,34,35)(H,36,37)(H,38,39)(H,43,44,45)/b17-10-,22-14+,27-23+,28-21+. The van der Waals surface area contributed by atoms with Crippen LogP contribution in [-0.4, -0.2) is 89.3 Å². The number of benzene rings is 1. The zero-order valence-electron chi connectivity index (χ0n) is 26.1. The maximum absolute atomic E-state index is 13.9. The quantitative estimate of drug-likeness (QED) is 0.144. The molecule has 0 unspecified atom stereocenters. The fraction of sp³-hybridized carbons (Fsp3) is 0.276. The van der Waals surface area contributed by atoms with Crippen LogP contribution in [0.3, 0.4) is 0 Å². The number of amides is 1. The molecule has 0 radical (unpaired) electrons. The zero-order chi connectivity index (χ0) is 37.4. The van der Waals surface area contributed by atoms with Crippen molar-refractivity contribution in [3.8, 4) is 0 Å². The van der Waals surface area contributed by atoms with Crippen molar-refractivity contribution in [3.63, 3.8) is 0 Å². The van der Waals surface area contributed by atoms with Crippen LogP contribution >= 0.6 is 47.1 Å². The van der Waals surface area contributed by atoms with Gasteiger partial charge in [-0.3, -0.25) is 47.4 Å². The third kappa shape index (κ3) is 8.05. The number of para-hydroxylation sites is 1. The SMILES string of the molecule is CCC(/C=C1\Sc2ccccc2N1CCCS(=O)(=O)O)=c1\s/c(=c2/o/c(=C3/SC(=S)N(CC(=O)O)C3=O)n(CC(=O)O)c2=O)n(CC(=O)O)c1=O. The number of hydrogen-bond donors (Lipinski definition) is 4. The van der Waals surface area contributed by atoms with Crippen LogP contribution in [0.4, 0.5) is 5.69 Å². The van der Waals surface area contributed by atoms with E-state index in [0.29, 0.717) is 38.3 Å². The number of thioether (sulfide) groups is 2. The summed E-state index contributed by atoms with van der Waals surface area (Å²) in [5.74, 6) is -5.80. The number of fused-ring (bicyclic) bond motifs is 1. The number of carboxylic acids is 3. The molecule has 0 atom stereocenters. The number of rotatable bonds is 12. The summed E-state index contributed by atoms with van der Waals surface area (Å²) in [6, 6.07) is 7.27. The molecule has 1 aromatic carbocycles. The second-order valence-electron chi connectivity index (χ2n) is 10.7. The average Bonchev–Trinajstić information content (AvgIpc) is 3.73. The van der Waals surface area contributed by atoms with Crippen molar-refractivity contribution in [1.82, 2.24) is 14.0 Å². The minimum Gasteiger partial charge on any atom is -0.480 e.